The Labute approximate surface area is 192 Å². The van der Waals surface area contributed by atoms with E-state index < -0.39 is 17.6 Å². The van der Waals surface area contributed by atoms with Gasteiger partial charge in [-0.3, -0.25) is 10.2 Å². The lowest BCUT2D eigenvalue weighted by Gasteiger charge is -2.30. The first-order valence-corrected chi connectivity index (χ1v) is 10.2. The lowest BCUT2D eigenvalue weighted by atomic mass is 10.0. The first-order chi connectivity index (χ1) is 16.1. The van der Waals surface area contributed by atoms with E-state index in [0.717, 1.165) is 18.9 Å². The number of allylic oxidation sites excluding steroid dienone is 1. The van der Waals surface area contributed by atoms with Gasteiger partial charge in [-0.1, -0.05) is 0 Å². The van der Waals surface area contributed by atoms with E-state index >= 15 is 0 Å². The summed E-state index contributed by atoms with van der Waals surface area (Å²) in [5, 5.41) is 20.4. The summed E-state index contributed by atoms with van der Waals surface area (Å²) in [4.78, 5) is 13.2. The Bertz CT molecular complexity index is 1140. The highest BCUT2D eigenvalue weighted by molar-refractivity contribution is 6.22. The van der Waals surface area contributed by atoms with Crippen molar-refractivity contribution in [3.05, 3.63) is 70.8 Å². The number of rotatable bonds is 7. The van der Waals surface area contributed by atoms with Crippen LogP contribution in [-0.4, -0.2) is 36.0 Å². The van der Waals surface area contributed by atoms with Crippen molar-refractivity contribution in [3.63, 3.8) is 0 Å². The lowest BCUT2D eigenvalue weighted by Crippen LogP contribution is -2.45. The molecule has 0 bridgehead atoms. The molecule has 0 saturated carbocycles. The zero-order valence-electron chi connectivity index (χ0n) is 17.8. The minimum absolute atomic E-state index is 0.0103. The number of aldehydes is 1. The molecular formula is C23H21F4N5O2. The fourth-order valence-corrected chi connectivity index (χ4v) is 3.51. The van der Waals surface area contributed by atoms with Crippen molar-refractivity contribution in [2.45, 2.75) is 25.1 Å². The van der Waals surface area contributed by atoms with Gasteiger partial charge in [-0.15, -0.1) is 0 Å². The number of nitriles is 1. The third kappa shape index (κ3) is 5.83. The number of benzene rings is 2. The Morgan fingerprint density at radius 3 is 2.53 bits per heavy atom. The van der Waals surface area contributed by atoms with E-state index in [1.54, 1.807) is 4.90 Å². The second-order valence-electron chi connectivity index (χ2n) is 7.62. The number of halogens is 4. The van der Waals surface area contributed by atoms with Crippen molar-refractivity contribution in [2.75, 3.05) is 13.1 Å². The summed E-state index contributed by atoms with van der Waals surface area (Å²) in [6.07, 6.45) is -0.796. The average molecular weight is 475 g/mol. The molecule has 0 amide bonds. The molecule has 1 atom stereocenters. The van der Waals surface area contributed by atoms with Gasteiger partial charge in [0.05, 0.1) is 16.8 Å². The second kappa shape index (κ2) is 10.2. The average Bonchev–Trinajstić information content (AvgIpc) is 2.80. The molecule has 1 fully saturated rings. The van der Waals surface area contributed by atoms with E-state index in [-0.39, 0.29) is 34.6 Å². The van der Waals surface area contributed by atoms with Crippen LogP contribution in [0, 0.1) is 22.7 Å². The molecule has 2 aromatic rings. The van der Waals surface area contributed by atoms with Crippen LogP contribution in [0.15, 0.2) is 53.9 Å². The fraction of sp³-hybridized carbons (Fsp3) is 0.261. The fourth-order valence-electron chi connectivity index (χ4n) is 3.51. The number of alkyl halides is 3. The van der Waals surface area contributed by atoms with Crippen molar-refractivity contribution < 1.29 is 27.1 Å². The van der Waals surface area contributed by atoms with Crippen molar-refractivity contribution in [2.24, 2.45) is 5.73 Å². The van der Waals surface area contributed by atoms with Crippen LogP contribution < -0.4 is 15.8 Å². The first kappa shape index (κ1) is 24.6. The normalized spacial score (nSPS) is 16.8. The van der Waals surface area contributed by atoms with E-state index in [2.05, 4.69) is 11.5 Å². The Hall–Kier alpha value is -4.07. The largest absolute Gasteiger partial charge is 0.457 e. The lowest BCUT2D eigenvalue weighted by molar-refractivity contribution is -0.140. The van der Waals surface area contributed by atoms with Crippen LogP contribution in [0.4, 0.5) is 17.6 Å². The number of nitrogens with zero attached hydrogens (tertiary/aromatic N) is 2. The van der Waals surface area contributed by atoms with Crippen LogP contribution in [0.2, 0.25) is 0 Å². The number of likely N-dealkylation sites (tertiary alicyclic amines) is 1. The number of piperidine rings is 1. The highest BCUT2D eigenvalue weighted by atomic mass is 19.4. The third-order valence-corrected chi connectivity index (χ3v) is 5.22. The summed E-state index contributed by atoms with van der Waals surface area (Å²) in [5.74, 6) is -1.46. The van der Waals surface area contributed by atoms with Gasteiger partial charge in [0.1, 0.15) is 23.1 Å². The van der Waals surface area contributed by atoms with Crippen molar-refractivity contribution >= 4 is 12.0 Å². The van der Waals surface area contributed by atoms with Crippen LogP contribution in [-0.2, 0) is 11.0 Å². The molecule has 7 nitrogen and oxygen atoms in total. The predicted molar refractivity (Wildman–Crippen MR) is 115 cm³/mol. The SMILES string of the molecule is N#CN1CCCC(N/C(N)=C(/C=O)C(=N)c2ccc(Oc3ccc(F)c(C(F)(F)F)c3)cc2)C1. The molecular weight excluding hydrogens is 454 g/mol. The molecule has 1 unspecified atom stereocenters. The third-order valence-electron chi connectivity index (χ3n) is 5.22. The number of ether oxygens (including phenoxy) is 1. The Morgan fingerprint density at radius 2 is 1.91 bits per heavy atom. The molecule has 34 heavy (non-hydrogen) atoms. The second-order valence-corrected chi connectivity index (χ2v) is 7.62. The van der Waals surface area contributed by atoms with E-state index in [1.165, 1.54) is 24.3 Å². The molecule has 2 aromatic carbocycles. The molecule has 0 radical (unpaired) electrons. The Morgan fingerprint density at radius 1 is 1.24 bits per heavy atom. The van der Waals surface area contributed by atoms with E-state index in [0.29, 0.717) is 37.1 Å². The molecule has 4 N–H and O–H groups in total. The number of nitrogens with two attached hydrogens (primary N) is 1. The highest BCUT2D eigenvalue weighted by Gasteiger charge is 2.34. The molecule has 1 heterocycles. The highest BCUT2D eigenvalue weighted by Crippen LogP contribution is 2.34. The summed E-state index contributed by atoms with van der Waals surface area (Å²) >= 11 is 0. The summed E-state index contributed by atoms with van der Waals surface area (Å²) in [6.45, 7) is 1.08. The molecule has 1 saturated heterocycles. The molecule has 0 spiro atoms. The van der Waals surface area contributed by atoms with Gasteiger partial charge in [0, 0.05) is 24.7 Å². The summed E-state index contributed by atoms with van der Waals surface area (Å²) in [5.41, 5.74) is 4.66. The van der Waals surface area contributed by atoms with E-state index in [9.17, 15) is 22.4 Å². The van der Waals surface area contributed by atoms with Gasteiger partial charge < -0.3 is 20.7 Å². The zero-order chi connectivity index (χ0) is 24.9. The molecule has 11 heteroatoms. The minimum atomic E-state index is -4.86. The van der Waals surface area contributed by atoms with Gasteiger partial charge in [-0.05, 0) is 55.3 Å². The van der Waals surface area contributed by atoms with Crippen LogP contribution in [0.3, 0.4) is 0 Å². The van der Waals surface area contributed by atoms with E-state index in [4.69, 9.17) is 21.1 Å². The maximum absolute atomic E-state index is 13.4. The predicted octanol–water partition coefficient (Wildman–Crippen LogP) is 3.91. The number of hydrogen-bond donors (Lipinski definition) is 3. The van der Waals surface area contributed by atoms with Crippen LogP contribution in [0.25, 0.3) is 0 Å². The maximum Gasteiger partial charge on any atom is 0.419 e. The first-order valence-electron chi connectivity index (χ1n) is 10.2. The quantitative estimate of drug-likeness (QED) is 0.184. The smallest absolute Gasteiger partial charge is 0.419 e. The Balaban J connectivity index is 1.73. The van der Waals surface area contributed by atoms with E-state index in [1.807, 2.05) is 0 Å². The minimum Gasteiger partial charge on any atom is -0.457 e. The van der Waals surface area contributed by atoms with Gasteiger partial charge in [-0.25, -0.2) is 4.39 Å². The van der Waals surface area contributed by atoms with Crippen LogP contribution in [0.1, 0.15) is 24.0 Å². The molecule has 3 rings (SSSR count). The van der Waals surface area contributed by atoms with Gasteiger partial charge in [0.15, 0.2) is 12.5 Å². The number of hydrogen-bond acceptors (Lipinski definition) is 7. The van der Waals surface area contributed by atoms with Crippen molar-refractivity contribution in [1.29, 1.82) is 10.7 Å². The summed E-state index contributed by atoms with van der Waals surface area (Å²) in [7, 11) is 0. The number of nitrogens with one attached hydrogen (secondary N) is 2. The van der Waals surface area contributed by atoms with Gasteiger partial charge in [-0.2, -0.15) is 18.4 Å². The standard InChI is InChI=1S/C23H21F4N5O2/c24-20-8-7-17(10-19(20)23(25,26)27)34-16-5-3-14(4-6-16)21(29)18(12-33)22(30)31-15-2-1-9-32(11-15)13-28/h3-8,10,12,15,29,31H,1-2,9,11,30H2/b22-18-,29-21?. The molecule has 0 aromatic heterocycles. The molecule has 1 aliphatic rings. The maximum atomic E-state index is 13.4. The van der Waals surface area contributed by atoms with Crippen LogP contribution >= 0.6 is 0 Å². The van der Waals surface area contributed by atoms with Gasteiger partial charge >= 0.3 is 6.18 Å². The summed E-state index contributed by atoms with van der Waals surface area (Å²) in [6, 6.07) is 7.84. The number of carbonyl (C=O) groups excluding carboxylic acids is 1. The van der Waals surface area contributed by atoms with Crippen molar-refractivity contribution in [3.8, 4) is 17.7 Å². The van der Waals surface area contributed by atoms with Crippen molar-refractivity contribution in [1.82, 2.24) is 10.2 Å². The number of carbonyl (C=O) groups is 1. The monoisotopic (exact) mass is 475 g/mol. The Kier molecular flexibility index (Phi) is 7.40. The zero-order valence-corrected chi connectivity index (χ0v) is 17.8. The van der Waals surface area contributed by atoms with Gasteiger partial charge in [0.2, 0.25) is 0 Å². The van der Waals surface area contributed by atoms with Gasteiger partial charge in [0.25, 0.3) is 0 Å². The molecule has 178 valence electrons. The summed E-state index contributed by atoms with van der Waals surface area (Å²) < 4.78 is 57.5. The van der Waals surface area contributed by atoms with Crippen LogP contribution in [0.5, 0.6) is 11.5 Å². The molecule has 0 aliphatic carbocycles. The molecule has 1 aliphatic heterocycles. The topological polar surface area (TPSA) is 115 Å².